The van der Waals surface area contributed by atoms with Gasteiger partial charge in [-0.3, -0.25) is 4.79 Å². The highest BCUT2D eigenvalue weighted by molar-refractivity contribution is 5.97. The van der Waals surface area contributed by atoms with Crippen molar-refractivity contribution in [2.24, 2.45) is 0 Å². The highest BCUT2D eigenvalue weighted by atomic mass is 19.1. The Bertz CT molecular complexity index is 781. The molecule has 6 heteroatoms. The molecule has 0 saturated heterocycles. The van der Waals surface area contributed by atoms with Crippen molar-refractivity contribution in [1.82, 2.24) is 0 Å². The summed E-state index contributed by atoms with van der Waals surface area (Å²) in [6.07, 6.45) is 2.86. The minimum absolute atomic E-state index is 0.209. The number of Topliss-reactive ketones (excluding diaryl/α,β-unsaturated/α-hetero) is 1. The molecule has 0 unspecified atom stereocenters. The third kappa shape index (κ3) is 5.17. The van der Waals surface area contributed by atoms with Crippen LogP contribution in [0.15, 0.2) is 48.5 Å². The van der Waals surface area contributed by atoms with E-state index in [0.717, 1.165) is 0 Å². The highest BCUT2D eigenvalue weighted by Crippen LogP contribution is 2.28. The molecular formula is C19H17FO5. The number of hydrogen-bond donors (Lipinski definition) is 0. The maximum Gasteiger partial charge on any atom is 0.330 e. The van der Waals surface area contributed by atoms with Crippen molar-refractivity contribution >= 4 is 17.8 Å². The van der Waals surface area contributed by atoms with Crippen molar-refractivity contribution in [1.29, 1.82) is 0 Å². The van der Waals surface area contributed by atoms with E-state index < -0.39 is 11.8 Å². The van der Waals surface area contributed by atoms with E-state index in [1.807, 2.05) is 0 Å². The molecule has 0 aliphatic heterocycles. The third-order valence-corrected chi connectivity index (χ3v) is 3.33. The molecule has 0 saturated carbocycles. The molecule has 0 fully saturated rings. The Morgan fingerprint density at radius 2 is 1.76 bits per heavy atom. The Balaban J connectivity index is 2.06. The normalized spacial score (nSPS) is 10.5. The quantitative estimate of drug-likeness (QED) is 0.438. The fraction of sp³-hybridized carbons (Fsp3) is 0.158. The van der Waals surface area contributed by atoms with E-state index in [9.17, 15) is 14.0 Å². The lowest BCUT2D eigenvalue weighted by atomic mass is 10.1. The summed E-state index contributed by atoms with van der Waals surface area (Å²) >= 11 is 0. The maximum atomic E-state index is 12.9. The lowest BCUT2D eigenvalue weighted by Crippen LogP contribution is -2.12. The molecule has 5 nitrogen and oxygen atoms in total. The molecule has 0 atom stereocenters. The maximum absolute atomic E-state index is 12.9. The van der Waals surface area contributed by atoms with Crippen LogP contribution in [0.5, 0.6) is 11.5 Å². The van der Waals surface area contributed by atoms with Crippen LogP contribution in [-0.2, 0) is 9.53 Å². The van der Waals surface area contributed by atoms with E-state index in [1.54, 1.807) is 24.3 Å². The number of methoxy groups -OCH3 is 2. The second kappa shape index (κ2) is 8.63. The number of carbonyl (C=O) groups is 2. The van der Waals surface area contributed by atoms with Crippen LogP contribution in [0.3, 0.4) is 0 Å². The molecule has 25 heavy (non-hydrogen) atoms. The van der Waals surface area contributed by atoms with Gasteiger partial charge in [-0.15, -0.1) is 0 Å². The molecule has 0 amide bonds. The van der Waals surface area contributed by atoms with E-state index >= 15 is 0 Å². The van der Waals surface area contributed by atoms with Gasteiger partial charge in [-0.1, -0.05) is 6.07 Å². The van der Waals surface area contributed by atoms with Gasteiger partial charge in [0.05, 0.1) is 14.2 Å². The lowest BCUT2D eigenvalue weighted by Gasteiger charge is -2.11. The number of ether oxygens (including phenoxy) is 3. The predicted octanol–water partition coefficient (Wildman–Crippen LogP) is 3.28. The first-order valence-electron chi connectivity index (χ1n) is 7.39. The number of benzene rings is 2. The van der Waals surface area contributed by atoms with Gasteiger partial charge in [0.15, 0.2) is 23.9 Å². The summed E-state index contributed by atoms with van der Waals surface area (Å²) in [7, 11) is 2.76. The molecule has 130 valence electrons. The number of esters is 1. The minimum Gasteiger partial charge on any atom is -0.493 e. The van der Waals surface area contributed by atoms with Gasteiger partial charge in [0.2, 0.25) is 0 Å². The van der Waals surface area contributed by atoms with Crippen molar-refractivity contribution in [3.05, 3.63) is 65.5 Å². The van der Waals surface area contributed by atoms with Crippen molar-refractivity contribution in [3.63, 3.8) is 0 Å². The van der Waals surface area contributed by atoms with E-state index in [2.05, 4.69) is 4.74 Å². The van der Waals surface area contributed by atoms with Gasteiger partial charge >= 0.3 is 5.97 Å². The number of halogens is 1. The lowest BCUT2D eigenvalue weighted by molar-refractivity contribution is -0.134. The van der Waals surface area contributed by atoms with Crippen molar-refractivity contribution in [2.45, 2.75) is 0 Å². The second-order valence-corrected chi connectivity index (χ2v) is 4.99. The van der Waals surface area contributed by atoms with Crippen LogP contribution < -0.4 is 9.47 Å². The first-order valence-corrected chi connectivity index (χ1v) is 7.39. The summed E-state index contributed by atoms with van der Waals surface area (Å²) in [5.41, 5.74) is 1.07. The molecule has 0 bridgehead atoms. The molecule has 0 spiro atoms. The van der Waals surface area contributed by atoms with Gasteiger partial charge in [0, 0.05) is 11.6 Å². The van der Waals surface area contributed by atoms with Crippen molar-refractivity contribution in [2.75, 3.05) is 20.8 Å². The Kier molecular flexibility index (Phi) is 6.28. The van der Waals surface area contributed by atoms with Crippen LogP contribution in [0.25, 0.3) is 6.08 Å². The molecule has 0 heterocycles. The largest absolute Gasteiger partial charge is 0.493 e. The monoisotopic (exact) mass is 344 g/mol. The van der Waals surface area contributed by atoms with Gasteiger partial charge in [-0.05, 0) is 48.0 Å². The van der Waals surface area contributed by atoms with E-state index in [0.29, 0.717) is 22.6 Å². The molecular weight excluding hydrogens is 327 g/mol. The molecule has 0 N–H and O–H groups in total. The molecule has 0 aliphatic rings. The van der Waals surface area contributed by atoms with Crippen LogP contribution in [0.2, 0.25) is 0 Å². The number of ketones is 1. The van der Waals surface area contributed by atoms with Gasteiger partial charge in [-0.25, -0.2) is 9.18 Å². The number of rotatable bonds is 7. The van der Waals surface area contributed by atoms with Gasteiger partial charge in [0.25, 0.3) is 0 Å². The third-order valence-electron chi connectivity index (χ3n) is 3.33. The Morgan fingerprint density at radius 3 is 2.40 bits per heavy atom. The first-order chi connectivity index (χ1) is 12.0. The summed E-state index contributed by atoms with van der Waals surface area (Å²) in [6, 6.07) is 10.2. The highest BCUT2D eigenvalue weighted by Gasteiger charge is 2.10. The summed E-state index contributed by atoms with van der Waals surface area (Å²) in [4.78, 5) is 23.2. The topological polar surface area (TPSA) is 61.8 Å². The van der Waals surface area contributed by atoms with Crippen LogP contribution in [0, 0.1) is 5.82 Å². The van der Waals surface area contributed by atoms with Crippen LogP contribution >= 0.6 is 0 Å². The minimum atomic E-state index is -0.468. The molecule has 2 aromatic rings. The zero-order valence-corrected chi connectivity index (χ0v) is 13.8. The average molecular weight is 344 g/mol. The van der Waals surface area contributed by atoms with E-state index in [1.165, 1.54) is 44.6 Å². The Labute approximate surface area is 144 Å². The van der Waals surface area contributed by atoms with Crippen molar-refractivity contribution in [3.8, 4) is 11.5 Å². The molecule has 0 radical (unpaired) electrons. The number of carbonyl (C=O) groups excluding carboxylic acids is 2. The smallest absolute Gasteiger partial charge is 0.330 e. The summed E-state index contributed by atoms with van der Waals surface area (Å²) in [5.74, 6) is -0.359. The second-order valence-electron chi connectivity index (χ2n) is 4.99. The van der Waals surface area contributed by atoms with E-state index in [4.69, 9.17) is 9.47 Å². The SMILES string of the molecule is COC(=O)/C=C/c1ccc(OCC(=O)c2ccc(F)cc2)c(OC)c1. The molecule has 0 aliphatic carbocycles. The van der Waals surface area contributed by atoms with Crippen molar-refractivity contribution < 1.29 is 28.2 Å². The summed E-state index contributed by atoms with van der Waals surface area (Å²) in [6.45, 7) is -0.209. The fourth-order valence-corrected chi connectivity index (χ4v) is 2.00. The Morgan fingerprint density at radius 1 is 1.04 bits per heavy atom. The van der Waals surface area contributed by atoms with Gasteiger partial charge < -0.3 is 14.2 Å². The predicted molar refractivity (Wildman–Crippen MR) is 90.3 cm³/mol. The zero-order valence-electron chi connectivity index (χ0n) is 13.8. The number of hydrogen-bond acceptors (Lipinski definition) is 5. The zero-order chi connectivity index (χ0) is 18.2. The van der Waals surface area contributed by atoms with Gasteiger partial charge in [-0.2, -0.15) is 0 Å². The van der Waals surface area contributed by atoms with E-state index in [-0.39, 0.29) is 12.4 Å². The molecule has 2 rings (SSSR count). The standard InChI is InChI=1S/C19H17FO5/c1-23-18-11-13(4-10-19(22)24-2)3-9-17(18)25-12-16(21)14-5-7-15(20)8-6-14/h3-11H,12H2,1-2H3/b10-4+. The first kappa shape index (κ1) is 18.2. The van der Waals surface area contributed by atoms with Crippen LogP contribution in [-0.4, -0.2) is 32.6 Å². The van der Waals surface area contributed by atoms with Crippen LogP contribution in [0.1, 0.15) is 15.9 Å². The van der Waals surface area contributed by atoms with Crippen LogP contribution in [0.4, 0.5) is 4.39 Å². The average Bonchev–Trinajstić information content (AvgIpc) is 2.64. The Hall–Kier alpha value is -3.15. The molecule has 0 aromatic heterocycles. The fourth-order valence-electron chi connectivity index (χ4n) is 2.00. The van der Waals surface area contributed by atoms with Gasteiger partial charge in [0.1, 0.15) is 5.82 Å². The molecule has 2 aromatic carbocycles. The summed E-state index contributed by atoms with van der Waals surface area (Å²) < 4.78 is 28.1. The summed E-state index contributed by atoms with van der Waals surface area (Å²) in [5, 5.41) is 0.